The molecule has 74 valence electrons. The Bertz CT molecular complexity index is 404. The molecule has 0 aliphatic rings. The number of nitrogens with zero attached hydrogens (tertiary/aromatic N) is 1. The van der Waals surface area contributed by atoms with Crippen LogP contribution in [0.15, 0.2) is 12.1 Å². The molecule has 0 radical (unpaired) electrons. The van der Waals surface area contributed by atoms with E-state index in [1.54, 1.807) is 6.92 Å². The van der Waals surface area contributed by atoms with Gasteiger partial charge in [0.2, 0.25) is 0 Å². The van der Waals surface area contributed by atoms with Crippen LogP contribution >= 0.6 is 11.6 Å². The highest BCUT2D eigenvalue weighted by Crippen LogP contribution is 2.34. The Hall–Kier alpha value is -1.21. The molecule has 1 nitrogen and oxygen atoms in total. The lowest BCUT2D eigenvalue weighted by Crippen LogP contribution is -2.08. The van der Waals surface area contributed by atoms with Gasteiger partial charge in [-0.05, 0) is 24.6 Å². The quantitative estimate of drug-likeness (QED) is 0.655. The van der Waals surface area contributed by atoms with E-state index in [9.17, 15) is 13.2 Å². The number of nitriles is 1. The Kier molecular flexibility index (Phi) is 2.72. The summed E-state index contributed by atoms with van der Waals surface area (Å²) in [5.41, 5.74) is -0.939. The van der Waals surface area contributed by atoms with Crippen molar-refractivity contribution in [3.8, 4) is 6.07 Å². The van der Waals surface area contributed by atoms with Gasteiger partial charge in [0.1, 0.15) is 0 Å². The van der Waals surface area contributed by atoms with Crippen LogP contribution in [0.25, 0.3) is 0 Å². The SMILES string of the molecule is Cc1cc(C#N)c(C(F)(F)F)cc1Cl. The molecule has 0 aliphatic heterocycles. The topological polar surface area (TPSA) is 23.8 Å². The minimum absolute atomic E-state index is 0.0105. The predicted molar refractivity (Wildman–Crippen MR) is 45.9 cm³/mol. The zero-order valence-corrected chi connectivity index (χ0v) is 7.87. The average Bonchev–Trinajstić information content (AvgIpc) is 2.07. The fourth-order valence-electron chi connectivity index (χ4n) is 1.01. The van der Waals surface area contributed by atoms with Crippen LogP contribution in [0.2, 0.25) is 5.02 Å². The van der Waals surface area contributed by atoms with Gasteiger partial charge in [-0.25, -0.2) is 0 Å². The summed E-state index contributed by atoms with van der Waals surface area (Å²) in [5, 5.41) is 8.51. The maximum atomic E-state index is 12.3. The summed E-state index contributed by atoms with van der Waals surface area (Å²) >= 11 is 5.54. The van der Waals surface area contributed by atoms with Crippen molar-refractivity contribution in [3.05, 3.63) is 33.8 Å². The van der Waals surface area contributed by atoms with Gasteiger partial charge in [-0.2, -0.15) is 18.4 Å². The fourth-order valence-corrected chi connectivity index (χ4v) is 1.17. The molecule has 0 N–H and O–H groups in total. The lowest BCUT2D eigenvalue weighted by molar-refractivity contribution is -0.137. The summed E-state index contributed by atoms with van der Waals surface area (Å²) in [7, 11) is 0. The van der Waals surface area contributed by atoms with Crippen LogP contribution in [0, 0.1) is 18.3 Å². The number of hydrogen-bond donors (Lipinski definition) is 0. The number of alkyl halides is 3. The van der Waals surface area contributed by atoms with Gasteiger partial charge in [0.25, 0.3) is 0 Å². The molecular formula is C9H5ClF3N. The number of benzene rings is 1. The number of halogens is 4. The van der Waals surface area contributed by atoms with Gasteiger partial charge in [-0.3, -0.25) is 0 Å². The second-order valence-electron chi connectivity index (χ2n) is 2.76. The van der Waals surface area contributed by atoms with Gasteiger partial charge >= 0.3 is 6.18 Å². The van der Waals surface area contributed by atoms with Crippen LogP contribution in [0.3, 0.4) is 0 Å². The highest BCUT2D eigenvalue weighted by atomic mass is 35.5. The highest BCUT2D eigenvalue weighted by Gasteiger charge is 2.34. The van der Waals surface area contributed by atoms with Crippen LogP contribution in [0.4, 0.5) is 13.2 Å². The van der Waals surface area contributed by atoms with Crippen LogP contribution < -0.4 is 0 Å². The largest absolute Gasteiger partial charge is 0.417 e. The normalized spacial score (nSPS) is 11.1. The first kappa shape index (κ1) is 10.9. The molecule has 0 fully saturated rings. The minimum Gasteiger partial charge on any atom is -0.192 e. The van der Waals surface area contributed by atoms with E-state index in [4.69, 9.17) is 16.9 Å². The second kappa shape index (κ2) is 3.50. The molecule has 0 unspecified atom stereocenters. The van der Waals surface area contributed by atoms with E-state index in [0.717, 1.165) is 12.1 Å². The Balaban J connectivity index is 3.45. The van der Waals surface area contributed by atoms with E-state index in [1.807, 2.05) is 0 Å². The summed E-state index contributed by atoms with van der Waals surface area (Å²) in [5.74, 6) is 0. The van der Waals surface area contributed by atoms with E-state index in [0.29, 0.717) is 5.56 Å². The van der Waals surface area contributed by atoms with E-state index >= 15 is 0 Å². The number of hydrogen-bond acceptors (Lipinski definition) is 1. The first-order chi connectivity index (χ1) is 6.36. The lowest BCUT2D eigenvalue weighted by atomic mass is 10.1. The van der Waals surface area contributed by atoms with Crippen molar-refractivity contribution >= 4 is 11.6 Å². The van der Waals surface area contributed by atoms with E-state index < -0.39 is 17.3 Å². The molecule has 0 heterocycles. The van der Waals surface area contributed by atoms with Gasteiger partial charge in [0.15, 0.2) is 0 Å². The van der Waals surface area contributed by atoms with Gasteiger partial charge in [0, 0.05) is 5.02 Å². The van der Waals surface area contributed by atoms with Gasteiger partial charge in [-0.1, -0.05) is 11.6 Å². The molecule has 5 heteroatoms. The third-order valence-corrected chi connectivity index (χ3v) is 2.13. The molecule has 0 amide bonds. The fraction of sp³-hybridized carbons (Fsp3) is 0.222. The van der Waals surface area contributed by atoms with Crippen LogP contribution in [-0.4, -0.2) is 0 Å². The Morgan fingerprint density at radius 1 is 1.36 bits per heavy atom. The Morgan fingerprint density at radius 3 is 2.36 bits per heavy atom. The van der Waals surface area contributed by atoms with Crippen molar-refractivity contribution < 1.29 is 13.2 Å². The number of aryl methyl sites for hydroxylation is 1. The predicted octanol–water partition coefficient (Wildman–Crippen LogP) is 3.54. The van der Waals surface area contributed by atoms with E-state index in [2.05, 4.69) is 0 Å². The van der Waals surface area contributed by atoms with Crippen LogP contribution in [0.5, 0.6) is 0 Å². The Labute approximate surface area is 83.7 Å². The minimum atomic E-state index is -4.54. The van der Waals surface area contributed by atoms with Crippen molar-refractivity contribution in [3.63, 3.8) is 0 Å². The molecule has 0 aliphatic carbocycles. The van der Waals surface area contributed by atoms with E-state index in [1.165, 1.54) is 6.07 Å². The molecular weight excluding hydrogens is 215 g/mol. The zero-order valence-electron chi connectivity index (χ0n) is 7.11. The summed E-state index contributed by atoms with van der Waals surface area (Å²) in [6.07, 6.45) is -4.54. The van der Waals surface area contributed by atoms with Crippen molar-refractivity contribution in [2.75, 3.05) is 0 Å². The average molecular weight is 220 g/mol. The third-order valence-electron chi connectivity index (χ3n) is 1.72. The molecule has 0 bridgehead atoms. The molecule has 1 aromatic carbocycles. The van der Waals surface area contributed by atoms with Gasteiger partial charge in [0.05, 0.1) is 17.2 Å². The molecule has 0 saturated heterocycles. The van der Waals surface area contributed by atoms with Crippen molar-refractivity contribution in [1.82, 2.24) is 0 Å². The number of rotatable bonds is 0. The van der Waals surface area contributed by atoms with Crippen LogP contribution in [0.1, 0.15) is 16.7 Å². The second-order valence-corrected chi connectivity index (χ2v) is 3.16. The van der Waals surface area contributed by atoms with Crippen molar-refractivity contribution in [2.45, 2.75) is 13.1 Å². The maximum absolute atomic E-state index is 12.3. The third kappa shape index (κ3) is 1.99. The van der Waals surface area contributed by atoms with E-state index in [-0.39, 0.29) is 5.02 Å². The lowest BCUT2D eigenvalue weighted by Gasteiger charge is -2.10. The van der Waals surface area contributed by atoms with Gasteiger partial charge in [-0.15, -0.1) is 0 Å². The molecule has 0 atom stereocenters. The molecule has 0 saturated carbocycles. The smallest absolute Gasteiger partial charge is 0.192 e. The maximum Gasteiger partial charge on any atom is 0.417 e. The first-order valence-corrected chi connectivity index (χ1v) is 4.01. The molecule has 14 heavy (non-hydrogen) atoms. The molecule has 0 spiro atoms. The summed E-state index contributed by atoms with van der Waals surface area (Å²) in [4.78, 5) is 0. The zero-order chi connectivity index (χ0) is 10.9. The van der Waals surface area contributed by atoms with Crippen LogP contribution in [-0.2, 0) is 6.18 Å². The molecule has 1 aromatic rings. The first-order valence-electron chi connectivity index (χ1n) is 3.63. The monoisotopic (exact) mass is 219 g/mol. The van der Waals surface area contributed by atoms with Gasteiger partial charge < -0.3 is 0 Å². The highest BCUT2D eigenvalue weighted by molar-refractivity contribution is 6.31. The summed E-state index contributed by atoms with van der Waals surface area (Å²) in [6, 6.07) is 3.39. The summed E-state index contributed by atoms with van der Waals surface area (Å²) in [6.45, 7) is 1.54. The molecule has 0 aromatic heterocycles. The standard InChI is InChI=1S/C9H5ClF3N/c1-5-2-6(4-14)7(3-8(5)10)9(11,12)13/h2-3H,1H3. The summed E-state index contributed by atoms with van der Waals surface area (Å²) < 4.78 is 37.0. The Morgan fingerprint density at radius 2 is 1.93 bits per heavy atom. The van der Waals surface area contributed by atoms with Crippen molar-refractivity contribution in [2.24, 2.45) is 0 Å². The van der Waals surface area contributed by atoms with Crippen molar-refractivity contribution in [1.29, 1.82) is 5.26 Å². The molecule has 1 rings (SSSR count).